The molecule has 8 rings (SSSR count). The zero-order valence-corrected chi connectivity index (χ0v) is 22.0. The highest BCUT2D eigenvalue weighted by Gasteiger charge is 2.17. The van der Waals surface area contributed by atoms with Crippen molar-refractivity contribution < 1.29 is 4.74 Å². The van der Waals surface area contributed by atoms with Crippen molar-refractivity contribution in [2.75, 3.05) is 5.32 Å². The molecule has 0 fully saturated rings. The Kier molecular flexibility index (Phi) is 5.38. The summed E-state index contributed by atoms with van der Waals surface area (Å²) in [6.45, 7) is 0. The molecule has 0 spiro atoms. The monoisotopic (exact) mass is 528 g/mol. The number of pyridine rings is 2. The van der Waals surface area contributed by atoms with Crippen LogP contribution in [0.4, 0.5) is 11.4 Å². The Balaban J connectivity index is 1.29. The molecule has 0 amide bonds. The normalized spacial score (nSPS) is 12.0. The first-order chi connectivity index (χ1) is 20.3. The van der Waals surface area contributed by atoms with Gasteiger partial charge >= 0.3 is 0 Å². The van der Waals surface area contributed by atoms with E-state index in [9.17, 15) is 0 Å². The zero-order valence-electron chi connectivity index (χ0n) is 22.0. The van der Waals surface area contributed by atoms with E-state index in [0.717, 1.165) is 67.1 Å². The molecule has 0 bridgehead atoms. The predicted molar refractivity (Wildman–Crippen MR) is 167 cm³/mol. The van der Waals surface area contributed by atoms with Gasteiger partial charge in [0.2, 0.25) is 5.88 Å². The van der Waals surface area contributed by atoms with Gasteiger partial charge in [0.05, 0.1) is 22.4 Å². The number of aromatic nitrogens is 3. The van der Waals surface area contributed by atoms with Gasteiger partial charge in [0, 0.05) is 40.4 Å². The summed E-state index contributed by atoms with van der Waals surface area (Å²) in [4.78, 5) is 9.57. The third-order valence-corrected chi connectivity index (χ3v) is 7.50. The third-order valence-electron chi connectivity index (χ3n) is 7.50. The molecule has 1 aliphatic rings. The lowest BCUT2D eigenvalue weighted by atomic mass is 10.0. The second-order valence-corrected chi connectivity index (χ2v) is 10.00. The van der Waals surface area contributed by atoms with Crippen molar-refractivity contribution in [1.29, 1.82) is 0 Å². The lowest BCUT2D eigenvalue weighted by molar-refractivity contribution is 0.463. The quantitative estimate of drug-likeness (QED) is 0.247. The van der Waals surface area contributed by atoms with Crippen LogP contribution >= 0.6 is 0 Å². The molecule has 41 heavy (non-hydrogen) atoms. The Morgan fingerprint density at radius 2 is 1.44 bits per heavy atom. The average molecular weight is 529 g/mol. The molecule has 0 saturated heterocycles. The molecule has 5 heteroatoms. The fraction of sp³-hybridized carbons (Fsp3) is 0. The number of nitrogens with zero attached hydrogens (tertiary/aromatic N) is 3. The van der Waals surface area contributed by atoms with E-state index in [1.54, 1.807) is 6.20 Å². The summed E-state index contributed by atoms with van der Waals surface area (Å²) in [5.41, 5.74) is 8.46. The Labute approximate surface area is 237 Å². The van der Waals surface area contributed by atoms with Crippen molar-refractivity contribution in [2.45, 2.75) is 0 Å². The molecule has 1 N–H and O–H groups in total. The van der Waals surface area contributed by atoms with E-state index in [4.69, 9.17) is 9.72 Å². The molecule has 194 valence electrons. The minimum absolute atomic E-state index is 0.558. The summed E-state index contributed by atoms with van der Waals surface area (Å²) in [6, 6.07) is 41.2. The highest BCUT2D eigenvalue weighted by molar-refractivity contribution is 6.09. The second kappa shape index (κ2) is 9.50. The van der Waals surface area contributed by atoms with Gasteiger partial charge in [-0.25, -0.2) is 9.97 Å². The third kappa shape index (κ3) is 4.03. The van der Waals surface area contributed by atoms with Crippen molar-refractivity contribution in [3.05, 3.63) is 139 Å². The van der Waals surface area contributed by atoms with E-state index >= 15 is 0 Å². The number of hydrogen-bond donors (Lipinski definition) is 1. The van der Waals surface area contributed by atoms with Crippen LogP contribution in [0, 0.1) is 0 Å². The topological polar surface area (TPSA) is 52.0 Å². The van der Waals surface area contributed by atoms with Gasteiger partial charge in [0.1, 0.15) is 11.6 Å². The number of hydrogen-bond acceptors (Lipinski definition) is 4. The smallest absolute Gasteiger partial charge is 0.219 e. The van der Waals surface area contributed by atoms with E-state index in [1.807, 2.05) is 24.3 Å². The van der Waals surface area contributed by atoms with Gasteiger partial charge < -0.3 is 10.1 Å². The van der Waals surface area contributed by atoms with Crippen LogP contribution in [0.5, 0.6) is 11.6 Å². The summed E-state index contributed by atoms with van der Waals surface area (Å²) in [5.74, 6) is 2.12. The number of nitrogens with one attached hydrogen (secondary N) is 1. The SMILES string of the molecule is C1=Cc2cccc(-c3cccc(-n4c5ccccc5c5ccc(Oc6ccccn6)cc54)n3)c2Nc2ccccc21. The van der Waals surface area contributed by atoms with Crippen molar-refractivity contribution in [3.63, 3.8) is 0 Å². The highest BCUT2D eigenvalue weighted by atomic mass is 16.5. The highest BCUT2D eigenvalue weighted by Crippen LogP contribution is 2.39. The van der Waals surface area contributed by atoms with Gasteiger partial charge in [-0.15, -0.1) is 0 Å². The summed E-state index contributed by atoms with van der Waals surface area (Å²) in [5, 5.41) is 5.98. The first-order valence-corrected chi connectivity index (χ1v) is 13.6. The fourth-order valence-electron chi connectivity index (χ4n) is 5.62. The van der Waals surface area contributed by atoms with Crippen molar-refractivity contribution in [3.8, 4) is 28.7 Å². The molecular formula is C36H24N4O. The van der Waals surface area contributed by atoms with Crippen LogP contribution in [0.25, 0.3) is 51.0 Å². The Bertz CT molecular complexity index is 2110. The van der Waals surface area contributed by atoms with Gasteiger partial charge in [0.25, 0.3) is 0 Å². The Hall–Kier alpha value is -5.68. The molecule has 4 heterocycles. The molecule has 7 aromatic rings. The number of ether oxygens (including phenoxy) is 1. The molecule has 5 nitrogen and oxygen atoms in total. The molecular weight excluding hydrogens is 504 g/mol. The second-order valence-electron chi connectivity index (χ2n) is 10.00. The maximum atomic E-state index is 6.11. The molecule has 4 aromatic carbocycles. The van der Waals surface area contributed by atoms with Crippen molar-refractivity contribution in [1.82, 2.24) is 14.5 Å². The molecule has 1 aliphatic heterocycles. The summed E-state index contributed by atoms with van der Waals surface area (Å²) < 4.78 is 8.32. The van der Waals surface area contributed by atoms with E-state index in [-0.39, 0.29) is 0 Å². The van der Waals surface area contributed by atoms with Crippen LogP contribution in [0.1, 0.15) is 11.1 Å². The van der Waals surface area contributed by atoms with Crippen LogP contribution < -0.4 is 10.1 Å². The molecule has 0 atom stereocenters. The van der Waals surface area contributed by atoms with Crippen LogP contribution in [-0.4, -0.2) is 14.5 Å². The van der Waals surface area contributed by atoms with Crippen molar-refractivity contribution >= 4 is 45.3 Å². The van der Waals surface area contributed by atoms with E-state index in [1.165, 1.54) is 0 Å². The average Bonchev–Trinajstić information content (AvgIpc) is 3.22. The van der Waals surface area contributed by atoms with Crippen molar-refractivity contribution in [2.24, 2.45) is 0 Å². The van der Waals surface area contributed by atoms with Crippen LogP contribution in [0.3, 0.4) is 0 Å². The molecule has 0 unspecified atom stereocenters. The van der Waals surface area contributed by atoms with Crippen LogP contribution in [-0.2, 0) is 0 Å². The number of benzene rings is 4. The van der Waals surface area contributed by atoms with Gasteiger partial charge in [-0.2, -0.15) is 0 Å². The summed E-state index contributed by atoms with van der Waals surface area (Å²) >= 11 is 0. The van der Waals surface area contributed by atoms with Gasteiger partial charge in [-0.3, -0.25) is 4.57 Å². The van der Waals surface area contributed by atoms with E-state index in [2.05, 4.69) is 124 Å². The minimum atomic E-state index is 0.558. The Morgan fingerprint density at radius 1 is 0.634 bits per heavy atom. The van der Waals surface area contributed by atoms with Crippen LogP contribution in [0.15, 0.2) is 128 Å². The minimum Gasteiger partial charge on any atom is -0.439 e. The predicted octanol–water partition coefficient (Wildman–Crippen LogP) is 9.26. The zero-order chi connectivity index (χ0) is 27.2. The van der Waals surface area contributed by atoms with Gasteiger partial charge in [-0.1, -0.05) is 78.9 Å². The molecule has 0 saturated carbocycles. The molecule has 3 aromatic heterocycles. The fourth-order valence-corrected chi connectivity index (χ4v) is 5.62. The molecule has 0 aliphatic carbocycles. The number of fused-ring (bicyclic) bond motifs is 5. The summed E-state index contributed by atoms with van der Waals surface area (Å²) in [6.07, 6.45) is 6.05. The van der Waals surface area contributed by atoms with E-state index in [0.29, 0.717) is 5.88 Å². The van der Waals surface area contributed by atoms with Gasteiger partial charge in [0.15, 0.2) is 0 Å². The number of anilines is 2. The standard InChI is InChI=1S/C36H24N4O/c1-3-13-30-24(9-1)18-19-25-10-7-12-29(36(25)39-30)31-14-8-16-34(38-31)40-32-15-4-2-11-27(32)28-21-20-26(23-33(28)40)41-35-17-5-6-22-37-35/h1-23,39H. The first kappa shape index (κ1) is 23.2. The lowest BCUT2D eigenvalue weighted by Gasteiger charge is -2.16. The van der Waals surface area contributed by atoms with Gasteiger partial charge in [-0.05, 0) is 53.6 Å². The van der Waals surface area contributed by atoms with Crippen LogP contribution in [0.2, 0.25) is 0 Å². The first-order valence-electron chi connectivity index (χ1n) is 13.6. The van der Waals surface area contributed by atoms with E-state index < -0.39 is 0 Å². The lowest BCUT2D eigenvalue weighted by Crippen LogP contribution is -2.01. The Morgan fingerprint density at radius 3 is 2.39 bits per heavy atom. The maximum absolute atomic E-state index is 6.11. The summed E-state index contributed by atoms with van der Waals surface area (Å²) in [7, 11) is 0. The number of rotatable bonds is 4. The largest absolute Gasteiger partial charge is 0.439 e. The maximum Gasteiger partial charge on any atom is 0.219 e. The molecule has 0 radical (unpaired) electrons. The number of para-hydroxylation sites is 3.